The second-order valence-electron chi connectivity index (χ2n) is 3.64. The van der Waals surface area contributed by atoms with Crippen LogP contribution in [0.3, 0.4) is 0 Å². The molecule has 59 valence electrons. The normalized spacial score (nSPS) is 14.8. The zero-order chi connectivity index (χ0) is 8.20. The summed E-state index contributed by atoms with van der Waals surface area (Å²) in [5.41, 5.74) is 0.0935. The van der Waals surface area contributed by atoms with Crippen molar-refractivity contribution in [2.45, 2.75) is 45.7 Å². The average molecular weight is 142 g/mol. The van der Waals surface area contributed by atoms with E-state index in [1.807, 2.05) is 13.2 Å². The predicted molar refractivity (Wildman–Crippen MR) is 42.7 cm³/mol. The SMILES string of the molecule is CC(C[C]=O)NC(C)(C)C. The summed E-state index contributed by atoms with van der Waals surface area (Å²) in [7, 11) is 0. The second kappa shape index (κ2) is 3.71. The fourth-order valence-corrected chi connectivity index (χ4v) is 0.915. The summed E-state index contributed by atoms with van der Waals surface area (Å²) in [6, 6.07) is 0.234. The molecule has 0 heterocycles. The molecule has 0 aliphatic rings. The molecule has 0 amide bonds. The third-order valence-corrected chi connectivity index (χ3v) is 1.07. The van der Waals surface area contributed by atoms with Gasteiger partial charge in [-0.15, -0.1) is 0 Å². The molecule has 0 aromatic rings. The molecule has 0 aliphatic carbocycles. The Labute approximate surface area is 63.0 Å². The molecule has 10 heavy (non-hydrogen) atoms. The predicted octanol–water partition coefficient (Wildman–Crippen LogP) is 1.26. The van der Waals surface area contributed by atoms with Gasteiger partial charge >= 0.3 is 0 Å². The minimum atomic E-state index is 0.0935. The Bertz CT molecular complexity index is 104. The minimum absolute atomic E-state index is 0.0935. The molecule has 0 fully saturated rings. The van der Waals surface area contributed by atoms with E-state index < -0.39 is 0 Å². The molecule has 1 atom stereocenters. The van der Waals surface area contributed by atoms with Gasteiger partial charge in [0.25, 0.3) is 0 Å². The fourth-order valence-electron chi connectivity index (χ4n) is 0.915. The molecule has 0 saturated heterocycles. The summed E-state index contributed by atoms with van der Waals surface area (Å²) in [5.74, 6) is 0. The summed E-state index contributed by atoms with van der Waals surface area (Å²) in [6.45, 7) is 8.22. The lowest BCUT2D eigenvalue weighted by Crippen LogP contribution is -2.42. The molecule has 0 rings (SSSR count). The average Bonchev–Trinajstić information content (AvgIpc) is 1.59. The number of hydrogen-bond acceptors (Lipinski definition) is 2. The molecule has 1 radical (unpaired) electrons. The molecule has 0 aliphatic heterocycles. The fraction of sp³-hybridized carbons (Fsp3) is 0.875. The lowest BCUT2D eigenvalue weighted by Gasteiger charge is -2.24. The van der Waals surface area contributed by atoms with Crippen LogP contribution in [0.15, 0.2) is 0 Å². The third-order valence-electron chi connectivity index (χ3n) is 1.07. The van der Waals surface area contributed by atoms with Crippen LogP contribution in [0.1, 0.15) is 34.1 Å². The first kappa shape index (κ1) is 9.63. The van der Waals surface area contributed by atoms with Gasteiger partial charge in [-0.1, -0.05) is 0 Å². The van der Waals surface area contributed by atoms with Gasteiger partial charge in [0.2, 0.25) is 0 Å². The number of carbonyl (C=O) groups excluding carboxylic acids is 1. The topological polar surface area (TPSA) is 29.1 Å². The van der Waals surface area contributed by atoms with Crippen LogP contribution in [0.4, 0.5) is 0 Å². The van der Waals surface area contributed by atoms with Crippen molar-refractivity contribution in [1.82, 2.24) is 5.32 Å². The van der Waals surface area contributed by atoms with E-state index in [0.29, 0.717) is 6.42 Å². The van der Waals surface area contributed by atoms with Gasteiger partial charge in [0.05, 0.1) is 0 Å². The molecule has 0 aromatic heterocycles. The molecule has 0 saturated carbocycles. The Morgan fingerprint density at radius 3 is 2.30 bits per heavy atom. The first-order valence-electron chi connectivity index (χ1n) is 3.58. The van der Waals surface area contributed by atoms with Crippen molar-refractivity contribution in [3.05, 3.63) is 0 Å². The first-order valence-corrected chi connectivity index (χ1v) is 3.58. The Hall–Kier alpha value is -0.370. The van der Waals surface area contributed by atoms with Crippen molar-refractivity contribution in [2.75, 3.05) is 0 Å². The van der Waals surface area contributed by atoms with Gasteiger partial charge in [0.15, 0.2) is 6.29 Å². The minimum Gasteiger partial charge on any atom is -0.309 e. The summed E-state index contributed by atoms with van der Waals surface area (Å²) in [5, 5.41) is 3.26. The Balaban J connectivity index is 3.56. The molecule has 1 unspecified atom stereocenters. The molecular weight excluding hydrogens is 126 g/mol. The maximum atomic E-state index is 9.94. The van der Waals surface area contributed by atoms with Crippen molar-refractivity contribution < 1.29 is 4.79 Å². The summed E-state index contributed by atoms with van der Waals surface area (Å²) in [4.78, 5) is 9.94. The number of hydrogen-bond donors (Lipinski definition) is 1. The van der Waals surface area contributed by atoms with Crippen molar-refractivity contribution in [2.24, 2.45) is 0 Å². The molecular formula is C8H16NO. The van der Waals surface area contributed by atoms with Gasteiger partial charge in [0, 0.05) is 18.0 Å². The van der Waals surface area contributed by atoms with Crippen molar-refractivity contribution in [3.8, 4) is 0 Å². The van der Waals surface area contributed by atoms with E-state index in [1.165, 1.54) is 0 Å². The van der Waals surface area contributed by atoms with E-state index in [9.17, 15) is 4.79 Å². The standard InChI is InChI=1S/C8H16NO/c1-7(5-6-10)9-8(2,3)4/h7,9H,5H2,1-4H3. The van der Waals surface area contributed by atoms with Crippen LogP contribution < -0.4 is 5.32 Å². The summed E-state index contributed by atoms with van der Waals surface area (Å²) < 4.78 is 0. The van der Waals surface area contributed by atoms with Crippen molar-refractivity contribution >= 4 is 6.29 Å². The van der Waals surface area contributed by atoms with Gasteiger partial charge in [-0.2, -0.15) is 0 Å². The molecule has 2 heteroatoms. The number of nitrogens with one attached hydrogen (secondary N) is 1. The molecule has 2 nitrogen and oxygen atoms in total. The van der Waals surface area contributed by atoms with Crippen molar-refractivity contribution in [3.63, 3.8) is 0 Å². The lowest BCUT2D eigenvalue weighted by molar-refractivity contribution is 0.374. The van der Waals surface area contributed by atoms with E-state index in [2.05, 4.69) is 26.1 Å². The van der Waals surface area contributed by atoms with E-state index in [-0.39, 0.29) is 11.6 Å². The van der Waals surface area contributed by atoms with Crippen molar-refractivity contribution in [1.29, 1.82) is 0 Å². The van der Waals surface area contributed by atoms with Crippen LogP contribution >= 0.6 is 0 Å². The molecule has 0 aromatic carbocycles. The maximum Gasteiger partial charge on any atom is 0.199 e. The van der Waals surface area contributed by atoms with Gasteiger partial charge in [-0.05, 0) is 27.7 Å². The van der Waals surface area contributed by atoms with Gasteiger partial charge in [-0.3, -0.25) is 4.79 Å². The molecule has 1 N–H and O–H groups in total. The highest BCUT2D eigenvalue weighted by molar-refractivity contribution is 5.51. The van der Waals surface area contributed by atoms with Gasteiger partial charge in [0.1, 0.15) is 0 Å². The van der Waals surface area contributed by atoms with Crippen LogP contribution in [-0.2, 0) is 4.79 Å². The maximum absolute atomic E-state index is 9.94. The van der Waals surface area contributed by atoms with Crippen LogP contribution in [0.5, 0.6) is 0 Å². The Kier molecular flexibility index (Phi) is 3.58. The quantitative estimate of drug-likeness (QED) is 0.642. The lowest BCUT2D eigenvalue weighted by atomic mass is 10.1. The van der Waals surface area contributed by atoms with Crippen LogP contribution in [0.25, 0.3) is 0 Å². The van der Waals surface area contributed by atoms with E-state index >= 15 is 0 Å². The zero-order valence-electron chi connectivity index (χ0n) is 7.19. The largest absolute Gasteiger partial charge is 0.309 e. The Morgan fingerprint density at radius 1 is 1.50 bits per heavy atom. The highest BCUT2D eigenvalue weighted by atomic mass is 16.1. The van der Waals surface area contributed by atoms with E-state index in [4.69, 9.17) is 0 Å². The van der Waals surface area contributed by atoms with Gasteiger partial charge in [-0.25, -0.2) is 0 Å². The Morgan fingerprint density at radius 2 is 2.00 bits per heavy atom. The second-order valence-corrected chi connectivity index (χ2v) is 3.64. The van der Waals surface area contributed by atoms with E-state index in [0.717, 1.165) is 0 Å². The van der Waals surface area contributed by atoms with Crippen LogP contribution in [-0.4, -0.2) is 17.9 Å². The highest BCUT2D eigenvalue weighted by Gasteiger charge is 2.12. The first-order chi connectivity index (χ1) is 4.45. The molecule has 0 bridgehead atoms. The third kappa shape index (κ3) is 5.76. The zero-order valence-corrected chi connectivity index (χ0v) is 7.19. The van der Waals surface area contributed by atoms with Gasteiger partial charge < -0.3 is 5.32 Å². The molecule has 0 spiro atoms. The monoisotopic (exact) mass is 142 g/mol. The smallest absolute Gasteiger partial charge is 0.199 e. The number of rotatable bonds is 3. The van der Waals surface area contributed by atoms with Crippen LogP contribution in [0, 0.1) is 0 Å². The summed E-state index contributed by atoms with van der Waals surface area (Å²) in [6.07, 6.45) is 2.35. The highest BCUT2D eigenvalue weighted by Crippen LogP contribution is 2.01. The summed E-state index contributed by atoms with van der Waals surface area (Å²) >= 11 is 0. The van der Waals surface area contributed by atoms with E-state index in [1.54, 1.807) is 0 Å². The van der Waals surface area contributed by atoms with Crippen LogP contribution in [0.2, 0.25) is 0 Å².